The van der Waals surface area contributed by atoms with Gasteiger partial charge in [0.2, 0.25) is 5.88 Å². The van der Waals surface area contributed by atoms with Crippen molar-refractivity contribution in [1.29, 1.82) is 0 Å². The number of benzene rings is 1. The quantitative estimate of drug-likeness (QED) is 0.864. The fourth-order valence-corrected chi connectivity index (χ4v) is 2.67. The van der Waals surface area contributed by atoms with Crippen LogP contribution in [0.4, 0.5) is 9.18 Å². The molecule has 1 aromatic heterocycles. The zero-order valence-electron chi connectivity index (χ0n) is 14.4. The molecule has 25 heavy (non-hydrogen) atoms. The first-order valence-electron chi connectivity index (χ1n) is 8.42. The Hall–Kier alpha value is -2.63. The Morgan fingerprint density at radius 2 is 2.20 bits per heavy atom. The van der Waals surface area contributed by atoms with Crippen molar-refractivity contribution in [3.63, 3.8) is 0 Å². The van der Waals surface area contributed by atoms with Crippen LogP contribution in [-0.4, -0.2) is 29.0 Å². The van der Waals surface area contributed by atoms with E-state index < -0.39 is 0 Å². The zero-order chi connectivity index (χ0) is 17.8. The number of hydrogen-bond donors (Lipinski definition) is 1. The predicted octanol–water partition coefficient (Wildman–Crippen LogP) is 3.95. The second-order valence-corrected chi connectivity index (χ2v) is 6.37. The first-order valence-corrected chi connectivity index (χ1v) is 8.42. The highest BCUT2D eigenvalue weighted by Gasteiger charge is 2.32. The van der Waals surface area contributed by atoms with Gasteiger partial charge in [0.05, 0.1) is 0 Å². The lowest BCUT2D eigenvalue weighted by Crippen LogP contribution is -2.43. The van der Waals surface area contributed by atoms with Crippen molar-refractivity contribution in [1.82, 2.24) is 15.2 Å². The first-order chi connectivity index (χ1) is 12.0. The van der Waals surface area contributed by atoms with Crippen LogP contribution in [0, 0.1) is 11.7 Å². The molecule has 3 rings (SSSR count). The standard InChI is InChI=1S/C19H22FN3O2/c1-13(14-8-9-14)23(2)19(24)22-12-15-5-4-10-21-18(15)25-17-7-3-6-16(20)11-17/h3-7,10-11,13-14H,8-9,12H2,1-2H3,(H,22,24). The molecular formula is C19H22FN3O2. The number of rotatable bonds is 6. The largest absolute Gasteiger partial charge is 0.439 e. The molecular weight excluding hydrogens is 321 g/mol. The summed E-state index contributed by atoms with van der Waals surface area (Å²) in [7, 11) is 1.81. The van der Waals surface area contributed by atoms with Gasteiger partial charge in [-0.2, -0.15) is 0 Å². The van der Waals surface area contributed by atoms with Gasteiger partial charge in [-0.15, -0.1) is 0 Å². The van der Waals surface area contributed by atoms with Crippen LogP contribution in [0.2, 0.25) is 0 Å². The van der Waals surface area contributed by atoms with Crippen molar-refractivity contribution >= 4 is 6.03 Å². The summed E-state index contributed by atoms with van der Waals surface area (Å²) in [5.41, 5.74) is 0.729. The summed E-state index contributed by atoms with van der Waals surface area (Å²) in [6.45, 7) is 2.36. The minimum absolute atomic E-state index is 0.125. The topological polar surface area (TPSA) is 54.5 Å². The van der Waals surface area contributed by atoms with Crippen molar-refractivity contribution in [2.45, 2.75) is 32.4 Å². The van der Waals surface area contributed by atoms with E-state index in [2.05, 4.69) is 17.2 Å². The van der Waals surface area contributed by atoms with Gasteiger partial charge in [-0.25, -0.2) is 14.2 Å². The Balaban J connectivity index is 1.63. The van der Waals surface area contributed by atoms with Gasteiger partial charge in [0.15, 0.2) is 0 Å². The molecule has 1 heterocycles. The Labute approximate surface area is 146 Å². The molecule has 0 bridgehead atoms. The molecule has 2 amide bonds. The molecule has 1 aromatic carbocycles. The molecule has 1 aliphatic rings. The van der Waals surface area contributed by atoms with Crippen molar-refractivity contribution in [2.24, 2.45) is 5.92 Å². The molecule has 0 spiro atoms. The fraction of sp³-hybridized carbons (Fsp3) is 0.368. The molecule has 1 unspecified atom stereocenters. The molecule has 1 N–H and O–H groups in total. The second kappa shape index (κ2) is 7.51. The van der Waals surface area contributed by atoms with Gasteiger partial charge in [-0.05, 0) is 43.9 Å². The fourth-order valence-electron chi connectivity index (χ4n) is 2.67. The molecule has 6 heteroatoms. The Bertz CT molecular complexity index is 749. The van der Waals surface area contributed by atoms with Gasteiger partial charge in [-0.1, -0.05) is 12.1 Å². The first kappa shape index (κ1) is 17.2. The van der Waals surface area contributed by atoms with Crippen LogP contribution in [0.15, 0.2) is 42.6 Å². The number of ether oxygens (including phenoxy) is 1. The molecule has 1 fully saturated rings. The van der Waals surface area contributed by atoms with Crippen LogP contribution in [0.25, 0.3) is 0 Å². The molecule has 132 valence electrons. The molecule has 0 aliphatic heterocycles. The number of nitrogens with one attached hydrogen (secondary N) is 1. The van der Waals surface area contributed by atoms with Crippen molar-refractivity contribution < 1.29 is 13.9 Å². The van der Waals surface area contributed by atoms with Gasteiger partial charge in [0.25, 0.3) is 0 Å². The number of amides is 2. The van der Waals surface area contributed by atoms with E-state index in [-0.39, 0.29) is 17.9 Å². The summed E-state index contributed by atoms with van der Waals surface area (Å²) in [4.78, 5) is 18.2. The summed E-state index contributed by atoms with van der Waals surface area (Å²) < 4.78 is 19.0. The highest BCUT2D eigenvalue weighted by atomic mass is 19.1. The lowest BCUT2D eigenvalue weighted by Gasteiger charge is -2.25. The van der Waals surface area contributed by atoms with Crippen LogP contribution in [0.3, 0.4) is 0 Å². The minimum Gasteiger partial charge on any atom is -0.439 e. The minimum atomic E-state index is -0.376. The third-order valence-corrected chi connectivity index (χ3v) is 4.53. The summed E-state index contributed by atoms with van der Waals surface area (Å²) >= 11 is 0. The van der Waals surface area contributed by atoms with E-state index in [1.807, 2.05) is 13.1 Å². The van der Waals surface area contributed by atoms with E-state index in [0.29, 0.717) is 24.1 Å². The summed E-state index contributed by atoms with van der Waals surface area (Å²) in [6.07, 6.45) is 3.97. The average Bonchev–Trinajstić information content (AvgIpc) is 3.44. The van der Waals surface area contributed by atoms with Gasteiger partial charge in [0.1, 0.15) is 11.6 Å². The maximum absolute atomic E-state index is 13.3. The molecule has 2 aromatic rings. The zero-order valence-corrected chi connectivity index (χ0v) is 14.4. The third-order valence-electron chi connectivity index (χ3n) is 4.53. The molecule has 0 saturated heterocycles. The number of carbonyl (C=O) groups is 1. The highest BCUT2D eigenvalue weighted by molar-refractivity contribution is 5.74. The van der Waals surface area contributed by atoms with Crippen LogP contribution < -0.4 is 10.1 Å². The second-order valence-electron chi connectivity index (χ2n) is 6.37. The van der Waals surface area contributed by atoms with Crippen LogP contribution in [0.1, 0.15) is 25.3 Å². The maximum atomic E-state index is 13.3. The lowest BCUT2D eigenvalue weighted by atomic mass is 10.2. The van der Waals surface area contributed by atoms with E-state index in [4.69, 9.17) is 4.74 Å². The van der Waals surface area contributed by atoms with Crippen LogP contribution in [-0.2, 0) is 6.54 Å². The van der Waals surface area contributed by atoms with Gasteiger partial charge >= 0.3 is 6.03 Å². The highest BCUT2D eigenvalue weighted by Crippen LogP contribution is 2.34. The number of nitrogens with zero attached hydrogens (tertiary/aromatic N) is 2. The van der Waals surface area contributed by atoms with Gasteiger partial charge < -0.3 is 15.0 Å². The molecule has 0 radical (unpaired) electrons. The van der Waals surface area contributed by atoms with Crippen LogP contribution in [0.5, 0.6) is 11.6 Å². The third kappa shape index (κ3) is 4.47. The summed E-state index contributed by atoms with van der Waals surface area (Å²) in [6, 6.07) is 9.58. The summed E-state index contributed by atoms with van der Waals surface area (Å²) in [5, 5.41) is 2.89. The monoisotopic (exact) mass is 343 g/mol. The van der Waals surface area contributed by atoms with E-state index in [9.17, 15) is 9.18 Å². The van der Waals surface area contributed by atoms with E-state index in [1.54, 1.807) is 29.3 Å². The molecule has 1 saturated carbocycles. The molecule has 5 nitrogen and oxygen atoms in total. The Morgan fingerprint density at radius 3 is 2.92 bits per heavy atom. The normalized spacial score (nSPS) is 14.7. The molecule has 1 atom stereocenters. The number of aromatic nitrogens is 1. The van der Waals surface area contributed by atoms with Crippen molar-refractivity contribution in [3.05, 3.63) is 54.0 Å². The number of hydrogen-bond acceptors (Lipinski definition) is 3. The lowest BCUT2D eigenvalue weighted by molar-refractivity contribution is 0.187. The van der Waals surface area contributed by atoms with Gasteiger partial charge in [0, 0.05) is 37.5 Å². The SMILES string of the molecule is CC(C1CC1)N(C)C(=O)NCc1cccnc1Oc1cccc(F)c1. The predicted molar refractivity (Wildman–Crippen MR) is 92.9 cm³/mol. The van der Waals surface area contributed by atoms with E-state index in [1.165, 1.54) is 25.0 Å². The number of halogens is 1. The molecule has 1 aliphatic carbocycles. The Morgan fingerprint density at radius 1 is 1.40 bits per heavy atom. The number of carbonyl (C=O) groups excluding carboxylic acids is 1. The smallest absolute Gasteiger partial charge is 0.317 e. The summed E-state index contributed by atoms with van der Waals surface area (Å²) in [5.74, 6) is 0.956. The average molecular weight is 343 g/mol. The Kier molecular flexibility index (Phi) is 5.16. The number of pyridine rings is 1. The van der Waals surface area contributed by atoms with Gasteiger partial charge in [-0.3, -0.25) is 0 Å². The maximum Gasteiger partial charge on any atom is 0.317 e. The van der Waals surface area contributed by atoms with Crippen molar-refractivity contribution in [3.8, 4) is 11.6 Å². The van der Waals surface area contributed by atoms with Crippen molar-refractivity contribution in [2.75, 3.05) is 7.05 Å². The van der Waals surface area contributed by atoms with Crippen LogP contribution >= 0.6 is 0 Å². The number of urea groups is 1. The van der Waals surface area contributed by atoms with E-state index >= 15 is 0 Å². The van der Waals surface area contributed by atoms with E-state index in [0.717, 1.165) is 5.56 Å².